The molecule has 0 bridgehead atoms. The Balaban J connectivity index is 2.03. The van der Waals surface area contributed by atoms with Crippen molar-refractivity contribution in [3.63, 3.8) is 0 Å². The quantitative estimate of drug-likeness (QED) is 0.733. The highest BCUT2D eigenvalue weighted by Crippen LogP contribution is 2.20. The van der Waals surface area contributed by atoms with Gasteiger partial charge in [0, 0.05) is 19.2 Å². The highest BCUT2D eigenvalue weighted by molar-refractivity contribution is 5.96. The highest BCUT2D eigenvalue weighted by atomic mass is 19.1. The molecule has 1 saturated heterocycles. The van der Waals surface area contributed by atoms with Gasteiger partial charge in [-0.25, -0.2) is 8.78 Å². The normalized spacial score (nSPS) is 16.1. The molecular formula is C13H15F2N3O3. The maximum absolute atomic E-state index is 13.5. The Kier molecular flexibility index (Phi) is 4.19. The number of halogens is 2. The van der Waals surface area contributed by atoms with Crippen LogP contribution in [-0.2, 0) is 9.53 Å². The summed E-state index contributed by atoms with van der Waals surface area (Å²) in [7, 11) is 0. The molecule has 4 N–H and O–H groups in total. The number of carbonyl (C=O) groups excluding carboxylic acids is 2. The predicted molar refractivity (Wildman–Crippen MR) is 70.7 cm³/mol. The number of nitrogens with two attached hydrogens (primary N) is 1. The largest absolute Gasteiger partial charge is 0.366 e. The van der Waals surface area contributed by atoms with E-state index in [1.807, 2.05) is 6.92 Å². The van der Waals surface area contributed by atoms with E-state index >= 15 is 0 Å². The monoisotopic (exact) mass is 299 g/mol. The summed E-state index contributed by atoms with van der Waals surface area (Å²) in [5, 5.41) is 5.22. The molecule has 6 nitrogen and oxygen atoms in total. The number of carbonyl (C=O) groups is 2. The van der Waals surface area contributed by atoms with Crippen LogP contribution in [0.3, 0.4) is 0 Å². The van der Waals surface area contributed by atoms with E-state index in [2.05, 4.69) is 10.6 Å². The number of ether oxygens (including phenoxy) is 1. The molecule has 0 saturated carbocycles. The predicted octanol–water partition coefficient (Wildman–Crippen LogP) is 0.381. The van der Waals surface area contributed by atoms with Gasteiger partial charge in [0.2, 0.25) is 5.91 Å². The molecule has 114 valence electrons. The SMILES string of the molecule is CC1(OCC(=O)Nc2cc(C(N)=O)c(F)cc2F)CNC1. The van der Waals surface area contributed by atoms with Gasteiger partial charge in [-0.05, 0) is 13.0 Å². The number of benzene rings is 1. The fourth-order valence-electron chi connectivity index (χ4n) is 1.84. The number of hydrogen-bond acceptors (Lipinski definition) is 4. The van der Waals surface area contributed by atoms with Crippen LogP contribution in [0.15, 0.2) is 12.1 Å². The highest BCUT2D eigenvalue weighted by Gasteiger charge is 2.33. The van der Waals surface area contributed by atoms with Crippen molar-refractivity contribution in [2.45, 2.75) is 12.5 Å². The van der Waals surface area contributed by atoms with E-state index in [1.54, 1.807) is 0 Å². The van der Waals surface area contributed by atoms with Crippen molar-refractivity contribution in [2.75, 3.05) is 25.0 Å². The van der Waals surface area contributed by atoms with Gasteiger partial charge in [0.15, 0.2) is 0 Å². The Morgan fingerprint density at radius 3 is 2.57 bits per heavy atom. The van der Waals surface area contributed by atoms with Gasteiger partial charge in [0.05, 0.1) is 16.9 Å². The zero-order valence-electron chi connectivity index (χ0n) is 11.3. The van der Waals surface area contributed by atoms with Crippen LogP contribution in [0.5, 0.6) is 0 Å². The average molecular weight is 299 g/mol. The van der Waals surface area contributed by atoms with Crippen LogP contribution < -0.4 is 16.4 Å². The van der Waals surface area contributed by atoms with Crippen molar-refractivity contribution < 1.29 is 23.1 Å². The van der Waals surface area contributed by atoms with Crippen molar-refractivity contribution in [2.24, 2.45) is 5.73 Å². The molecule has 1 aromatic rings. The summed E-state index contributed by atoms with van der Waals surface area (Å²) >= 11 is 0. The molecule has 1 aromatic carbocycles. The second-order valence-electron chi connectivity index (χ2n) is 5.07. The van der Waals surface area contributed by atoms with Crippen molar-refractivity contribution in [1.29, 1.82) is 0 Å². The maximum atomic E-state index is 13.5. The first-order valence-corrected chi connectivity index (χ1v) is 6.24. The Hall–Kier alpha value is -2.06. The van der Waals surface area contributed by atoms with E-state index in [9.17, 15) is 18.4 Å². The number of anilines is 1. The standard InChI is InChI=1S/C13H15F2N3O3/c1-13(5-17-6-13)21-4-11(19)18-10-2-7(12(16)20)8(14)3-9(10)15/h2-3,17H,4-6H2,1H3,(H2,16,20)(H,18,19). The van der Waals surface area contributed by atoms with Crippen LogP contribution in [0.1, 0.15) is 17.3 Å². The fraction of sp³-hybridized carbons (Fsp3) is 0.385. The number of nitrogens with one attached hydrogen (secondary N) is 2. The zero-order chi connectivity index (χ0) is 15.6. The van der Waals surface area contributed by atoms with E-state index in [0.717, 1.165) is 6.07 Å². The molecule has 0 atom stereocenters. The van der Waals surface area contributed by atoms with Crippen molar-refractivity contribution >= 4 is 17.5 Å². The number of rotatable bonds is 5. The van der Waals surface area contributed by atoms with E-state index in [-0.39, 0.29) is 12.3 Å². The lowest BCUT2D eigenvalue weighted by Gasteiger charge is -2.38. The summed E-state index contributed by atoms with van der Waals surface area (Å²) in [6, 6.07) is 1.35. The first-order chi connectivity index (χ1) is 9.81. The second kappa shape index (κ2) is 5.74. The van der Waals surface area contributed by atoms with E-state index in [4.69, 9.17) is 10.5 Å². The number of hydrogen-bond donors (Lipinski definition) is 3. The molecular weight excluding hydrogens is 284 g/mol. The molecule has 0 aromatic heterocycles. The zero-order valence-corrected chi connectivity index (χ0v) is 11.3. The van der Waals surface area contributed by atoms with Crippen LogP contribution in [0.2, 0.25) is 0 Å². The van der Waals surface area contributed by atoms with Gasteiger partial charge in [-0.15, -0.1) is 0 Å². The molecule has 2 rings (SSSR count). The summed E-state index contributed by atoms with van der Waals surface area (Å²) < 4.78 is 32.2. The molecule has 2 amide bonds. The molecule has 0 aliphatic carbocycles. The van der Waals surface area contributed by atoms with Crippen LogP contribution in [0, 0.1) is 11.6 Å². The molecule has 1 aliphatic heterocycles. The Bertz CT molecular complexity index is 588. The first kappa shape index (κ1) is 15.3. The average Bonchev–Trinajstić information content (AvgIpc) is 2.37. The van der Waals surface area contributed by atoms with Crippen molar-refractivity contribution in [3.05, 3.63) is 29.3 Å². The van der Waals surface area contributed by atoms with E-state index < -0.39 is 34.6 Å². The Labute approximate surface area is 119 Å². The molecule has 1 heterocycles. The summed E-state index contributed by atoms with van der Waals surface area (Å²) in [4.78, 5) is 22.7. The van der Waals surface area contributed by atoms with E-state index in [1.165, 1.54) is 0 Å². The van der Waals surface area contributed by atoms with Gasteiger partial charge in [0.1, 0.15) is 18.2 Å². The molecule has 8 heteroatoms. The van der Waals surface area contributed by atoms with Gasteiger partial charge < -0.3 is 21.1 Å². The van der Waals surface area contributed by atoms with Crippen LogP contribution >= 0.6 is 0 Å². The molecule has 1 fully saturated rings. The third kappa shape index (κ3) is 3.53. The third-order valence-electron chi connectivity index (χ3n) is 3.15. The lowest BCUT2D eigenvalue weighted by molar-refractivity contribution is -0.130. The lowest BCUT2D eigenvalue weighted by atomic mass is 10.0. The minimum absolute atomic E-state index is 0.277. The van der Waals surface area contributed by atoms with Crippen molar-refractivity contribution in [3.8, 4) is 0 Å². The van der Waals surface area contributed by atoms with Gasteiger partial charge in [0.25, 0.3) is 5.91 Å². The van der Waals surface area contributed by atoms with Crippen molar-refractivity contribution in [1.82, 2.24) is 5.32 Å². The topological polar surface area (TPSA) is 93.4 Å². The Morgan fingerprint density at radius 1 is 1.38 bits per heavy atom. The smallest absolute Gasteiger partial charge is 0.251 e. The Morgan fingerprint density at radius 2 is 2.05 bits per heavy atom. The lowest BCUT2D eigenvalue weighted by Crippen LogP contribution is -2.59. The first-order valence-electron chi connectivity index (χ1n) is 6.24. The maximum Gasteiger partial charge on any atom is 0.251 e. The number of primary amides is 1. The van der Waals surface area contributed by atoms with Gasteiger partial charge in [-0.2, -0.15) is 0 Å². The van der Waals surface area contributed by atoms with Crippen LogP contribution in [0.25, 0.3) is 0 Å². The molecule has 1 aliphatic rings. The summed E-state index contributed by atoms with van der Waals surface area (Å²) in [5.74, 6) is -3.74. The summed E-state index contributed by atoms with van der Waals surface area (Å²) in [6.07, 6.45) is 0. The van der Waals surface area contributed by atoms with Gasteiger partial charge in [-0.1, -0.05) is 0 Å². The van der Waals surface area contributed by atoms with Crippen LogP contribution in [-0.4, -0.2) is 37.1 Å². The minimum atomic E-state index is -1.08. The van der Waals surface area contributed by atoms with Gasteiger partial charge in [-0.3, -0.25) is 9.59 Å². The molecule has 0 radical (unpaired) electrons. The summed E-state index contributed by atoms with van der Waals surface area (Å²) in [6.45, 7) is 2.80. The van der Waals surface area contributed by atoms with E-state index in [0.29, 0.717) is 19.2 Å². The fourth-order valence-corrected chi connectivity index (χ4v) is 1.84. The summed E-state index contributed by atoms with van der Waals surface area (Å²) in [5.41, 5.74) is 3.72. The molecule has 0 unspecified atom stereocenters. The minimum Gasteiger partial charge on any atom is -0.366 e. The van der Waals surface area contributed by atoms with Gasteiger partial charge >= 0.3 is 0 Å². The number of amides is 2. The molecule has 21 heavy (non-hydrogen) atoms. The third-order valence-corrected chi connectivity index (χ3v) is 3.15. The van der Waals surface area contributed by atoms with Crippen LogP contribution in [0.4, 0.5) is 14.5 Å². The molecule has 0 spiro atoms. The second-order valence-corrected chi connectivity index (χ2v) is 5.07.